The summed E-state index contributed by atoms with van der Waals surface area (Å²) in [4.78, 5) is 11.4. The molecule has 0 saturated carbocycles. The highest BCUT2D eigenvalue weighted by Gasteiger charge is 2.30. The lowest BCUT2D eigenvalue weighted by Gasteiger charge is -2.32. The van der Waals surface area contributed by atoms with Crippen molar-refractivity contribution >= 4 is 5.97 Å². The number of ether oxygens (including phenoxy) is 1. The molecule has 2 atom stereocenters. The van der Waals surface area contributed by atoms with Crippen LogP contribution in [0, 0.1) is 5.92 Å². The van der Waals surface area contributed by atoms with E-state index in [2.05, 4.69) is 25.7 Å². The van der Waals surface area contributed by atoms with Gasteiger partial charge >= 0.3 is 5.97 Å². The summed E-state index contributed by atoms with van der Waals surface area (Å²) in [6.07, 6.45) is 0.669. The Morgan fingerprint density at radius 3 is 2.86 bits per heavy atom. The van der Waals surface area contributed by atoms with E-state index < -0.39 is 0 Å². The second kappa shape index (κ2) is 4.60. The molecule has 3 nitrogen and oxygen atoms in total. The molecule has 0 aliphatic carbocycles. The van der Waals surface area contributed by atoms with Gasteiger partial charge in [0.05, 0.1) is 0 Å². The maximum Gasteiger partial charge on any atom is 0.323 e. The molecule has 3 heteroatoms. The van der Waals surface area contributed by atoms with Gasteiger partial charge in [0, 0.05) is 6.04 Å². The van der Waals surface area contributed by atoms with Crippen LogP contribution in [-0.4, -0.2) is 24.7 Å². The molecule has 14 heavy (non-hydrogen) atoms. The Hall–Kier alpha value is -0.830. The molecule has 0 amide bonds. The Morgan fingerprint density at radius 1 is 1.71 bits per heavy atom. The Morgan fingerprint density at radius 2 is 2.36 bits per heavy atom. The number of hydrogen-bond acceptors (Lipinski definition) is 3. The predicted molar refractivity (Wildman–Crippen MR) is 55.9 cm³/mol. The molecule has 0 bridgehead atoms. The van der Waals surface area contributed by atoms with Gasteiger partial charge in [-0.1, -0.05) is 19.4 Å². The molecule has 1 N–H and O–H groups in total. The lowest BCUT2D eigenvalue weighted by molar-refractivity contribution is -0.152. The summed E-state index contributed by atoms with van der Waals surface area (Å²) in [5.41, 5.74) is 1.00. The largest absolute Gasteiger partial charge is 0.463 e. The van der Waals surface area contributed by atoms with Gasteiger partial charge in [-0.05, 0) is 19.3 Å². The Balaban J connectivity index is 2.55. The minimum absolute atomic E-state index is 0.148. The number of rotatable bonds is 3. The molecule has 0 aromatic carbocycles. The van der Waals surface area contributed by atoms with Crippen molar-refractivity contribution in [2.24, 2.45) is 5.92 Å². The number of morpholine rings is 1. The van der Waals surface area contributed by atoms with Gasteiger partial charge < -0.3 is 4.74 Å². The van der Waals surface area contributed by atoms with Gasteiger partial charge in [0.1, 0.15) is 12.6 Å². The summed E-state index contributed by atoms with van der Waals surface area (Å²) >= 11 is 0. The van der Waals surface area contributed by atoms with E-state index in [1.807, 2.05) is 6.92 Å². The van der Waals surface area contributed by atoms with E-state index >= 15 is 0 Å². The van der Waals surface area contributed by atoms with E-state index in [-0.39, 0.29) is 18.1 Å². The first-order valence-corrected chi connectivity index (χ1v) is 5.07. The smallest absolute Gasteiger partial charge is 0.323 e. The molecule has 0 spiro atoms. The molecule has 0 aromatic heterocycles. The molecule has 0 aromatic rings. The number of cyclic esters (lactones) is 1. The van der Waals surface area contributed by atoms with Gasteiger partial charge in [0.15, 0.2) is 0 Å². The molecule has 0 radical (unpaired) electrons. The molecule has 1 rings (SSSR count). The summed E-state index contributed by atoms with van der Waals surface area (Å²) in [6.45, 7) is 10.5. The zero-order valence-electron chi connectivity index (χ0n) is 9.17. The molecule has 1 heterocycles. The van der Waals surface area contributed by atoms with Gasteiger partial charge in [0.2, 0.25) is 0 Å². The second-order valence-corrected chi connectivity index (χ2v) is 4.36. The second-order valence-electron chi connectivity index (χ2n) is 4.36. The van der Waals surface area contributed by atoms with Crippen LogP contribution in [0.3, 0.4) is 0 Å². The highest BCUT2D eigenvalue weighted by molar-refractivity contribution is 5.77. The summed E-state index contributed by atoms with van der Waals surface area (Å²) in [5.74, 6) is 0.334. The van der Waals surface area contributed by atoms with Gasteiger partial charge in [-0.2, -0.15) is 0 Å². The third-order valence-corrected chi connectivity index (χ3v) is 2.46. The summed E-state index contributed by atoms with van der Waals surface area (Å²) in [7, 11) is 0. The maximum atomic E-state index is 11.4. The number of esters is 1. The average Bonchev–Trinajstić information content (AvgIpc) is 2.07. The Kier molecular flexibility index (Phi) is 3.69. The molecule has 1 saturated heterocycles. The van der Waals surface area contributed by atoms with Crippen LogP contribution in [0.1, 0.15) is 27.2 Å². The van der Waals surface area contributed by atoms with Crippen LogP contribution >= 0.6 is 0 Å². The first kappa shape index (κ1) is 11.2. The minimum atomic E-state index is -0.200. The first-order chi connectivity index (χ1) is 6.50. The van der Waals surface area contributed by atoms with Crippen molar-refractivity contribution in [3.63, 3.8) is 0 Å². The van der Waals surface area contributed by atoms with Crippen LogP contribution in [0.2, 0.25) is 0 Å². The van der Waals surface area contributed by atoms with Crippen molar-refractivity contribution in [2.75, 3.05) is 6.61 Å². The molecule has 1 aliphatic heterocycles. The number of carbonyl (C=O) groups is 1. The minimum Gasteiger partial charge on any atom is -0.463 e. The van der Waals surface area contributed by atoms with Crippen LogP contribution in [-0.2, 0) is 9.53 Å². The van der Waals surface area contributed by atoms with Crippen molar-refractivity contribution in [1.29, 1.82) is 0 Å². The fraction of sp³-hybridized carbons (Fsp3) is 0.727. The van der Waals surface area contributed by atoms with Crippen LogP contribution in [0.4, 0.5) is 0 Å². The summed E-state index contributed by atoms with van der Waals surface area (Å²) in [5, 5.41) is 3.30. The molecular weight excluding hydrogens is 178 g/mol. The average molecular weight is 197 g/mol. The lowest BCUT2D eigenvalue weighted by atomic mass is 10.00. The third-order valence-electron chi connectivity index (χ3n) is 2.46. The topological polar surface area (TPSA) is 38.3 Å². The van der Waals surface area contributed by atoms with Crippen molar-refractivity contribution < 1.29 is 9.53 Å². The molecule has 80 valence electrons. The molecule has 1 aliphatic rings. The highest BCUT2D eigenvalue weighted by atomic mass is 16.5. The third kappa shape index (κ3) is 2.84. The zero-order chi connectivity index (χ0) is 10.7. The molecule has 1 fully saturated rings. The van der Waals surface area contributed by atoms with Crippen LogP contribution < -0.4 is 5.32 Å². The van der Waals surface area contributed by atoms with Gasteiger partial charge in [-0.15, -0.1) is 6.58 Å². The highest BCUT2D eigenvalue weighted by Crippen LogP contribution is 2.13. The maximum absolute atomic E-state index is 11.4. The standard InChI is InChI=1S/C11H19NO2/c1-7(2)5-9-11(13)14-6-10(12-9)8(3)4/h8-10,12H,1,5-6H2,2-4H3/t9-,10+/m0/s1. The zero-order valence-corrected chi connectivity index (χ0v) is 9.17. The SMILES string of the molecule is C=C(C)C[C@@H]1N[C@@H](C(C)C)COC1=O. The quantitative estimate of drug-likeness (QED) is 0.550. The van der Waals surface area contributed by atoms with Crippen LogP contribution in [0.25, 0.3) is 0 Å². The first-order valence-electron chi connectivity index (χ1n) is 5.07. The van der Waals surface area contributed by atoms with E-state index in [4.69, 9.17) is 4.74 Å². The predicted octanol–water partition coefficient (Wildman–Crippen LogP) is 1.49. The summed E-state index contributed by atoms with van der Waals surface area (Å²) < 4.78 is 5.12. The molecule has 0 unspecified atom stereocenters. The van der Waals surface area contributed by atoms with Gasteiger partial charge in [0.25, 0.3) is 0 Å². The van der Waals surface area contributed by atoms with Crippen molar-refractivity contribution in [3.05, 3.63) is 12.2 Å². The Bertz CT molecular complexity index is 235. The van der Waals surface area contributed by atoms with E-state index in [0.29, 0.717) is 18.9 Å². The van der Waals surface area contributed by atoms with Gasteiger partial charge in [-0.25, -0.2) is 0 Å². The fourth-order valence-electron chi connectivity index (χ4n) is 1.52. The van der Waals surface area contributed by atoms with E-state index in [9.17, 15) is 4.79 Å². The normalized spacial score (nSPS) is 27.6. The molecular formula is C11H19NO2. The monoisotopic (exact) mass is 197 g/mol. The lowest BCUT2D eigenvalue weighted by Crippen LogP contribution is -2.53. The van der Waals surface area contributed by atoms with Crippen LogP contribution in [0.5, 0.6) is 0 Å². The van der Waals surface area contributed by atoms with Crippen molar-refractivity contribution in [3.8, 4) is 0 Å². The number of nitrogens with one attached hydrogen (secondary N) is 1. The number of hydrogen-bond donors (Lipinski definition) is 1. The fourth-order valence-corrected chi connectivity index (χ4v) is 1.52. The van der Waals surface area contributed by atoms with Gasteiger partial charge in [-0.3, -0.25) is 10.1 Å². The van der Waals surface area contributed by atoms with E-state index in [0.717, 1.165) is 5.57 Å². The van der Waals surface area contributed by atoms with Crippen LogP contribution in [0.15, 0.2) is 12.2 Å². The summed E-state index contributed by atoms with van der Waals surface area (Å²) in [6, 6.07) is 0.0747. The number of carbonyl (C=O) groups excluding carboxylic acids is 1. The van der Waals surface area contributed by atoms with Crippen molar-refractivity contribution in [2.45, 2.75) is 39.3 Å². The van der Waals surface area contributed by atoms with E-state index in [1.54, 1.807) is 0 Å². The van der Waals surface area contributed by atoms with E-state index in [1.165, 1.54) is 0 Å². The Labute approximate surface area is 85.5 Å². The van der Waals surface area contributed by atoms with Crippen molar-refractivity contribution in [1.82, 2.24) is 5.32 Å².